The number of aromatic nitrogens is 2. The van der Waals surface area contributed by atoms with Crippen LogP contribution in [0.1, 0.15) is 71.0 Å². The Morgan fingerprint density at radius 3 is 2.55 bits per heavy atom. The predicted octanol–water partition coefficient (Wildman–Crippen LogP) is 3.95. The minimum absolute atomic E-state index is 0.300. The second-order valence-electron chi connectivity index (χ2n) is 6.25. The summed E-state index contributed by atoms with van der Waals surface area (Å²) in [5, 5.41) is 3.60. The number of nitrogens with one attached hydrogen (secondary N) is 1. The molecule has 3 N–H and O–H groups in total. The predicted molar refractivity (Wildman–Crippen MR) is 84.8 cm³/mol. The first-order valence-corrected chi connectivity index (χ1v) is 8.01. The minimum atomic E-state index is 0.300. The highest BCUT2D eigenvalue weighted by Gasteiger charge is 2.22. The highest BCUT2D eigenvalue weighted by molar-refractivity contribution is 5.45. The molecule has 0 spiro atoms. The zero-order chi connectivity index (χ0) is 14.5. The van der Waals surface area contributed by atoms with Gasteiger partial charge >= 0.3 is 0 Å². The molecule has 2 rings (SSSR count). The SMILES string of the molecule is CCC(Nc1cc(N)nc(C(C)C)n1)C1CCCCC1. The number of anilines is 2. The molecule has 4 heteroatoms. The lowest BCUT2D eigenvalue weighted by molar-refractivity contribution is 0.312. The van der Waals surface area contributed by atoms with Crippen molar-refractivity contribution in [3.63, 3.8) is 0 Å². The maximum absolute atomic E-state index is 5.90. The van der Waals surface area contributed by atoms with Gasteiger partial charge in [0.2, 0.25) is 0 Å². The third-order valence-corrected chi connectivity index (χ3v) is 4.27. The molecule has 1 unspecified atom stereocenters. The number of hydrogen-bond acceptors (Lipinski definition) is 4. The van der Waals surface area contributed by atoms with Crippen LogP contribution in [-0.4, -0.2) is 16.0 Å². The van der Waals surface area contributed by atoms with E-state index in [1.165, 1.54) is 32.1 Å². The third-order valence-electron chi connectivity index (χ3n) is 4.27. The van der Waals surface area contributed by atoms with E-state index in [1.54, 1.807) is 0 Å². The van der Waals surface area contributed by atoms with Gasteiger partial charge in [-0.1, -0.05) is 40.0 Å². The molecular weight excluding hydrogens is 248 g/mol. The van der Waals surface area contributed by atoms with Crippen molar-refractivity contribution in [3.05, 3.63) is 11.9 Å². The first-order chi connectivity index (χ1) is 9.60. The fraction of sp³-hybridized carbons (Fsp3) is 0.750. The van der Waals surface area contributed by atoms with Gasteiger partial charge in [0, 0.05) is 18.0 Å². The van der Waals surface area contributed by atoms with Crippen LogP contribution < -0.4 is 11.1 Å². The Kier molecular flexibility index (Phi) is 5.21. The van der Waals surface area contributed by atoms with E-state index in [0.717, 1.165) is 24.0 Å². The maximum Gasteiger partial charge on any atom is 0.135 e. The van der Waals surface area contributed by atoms with E-state index >= 15 is 0 Å². The van der Waals surface area contributed by atoms with Crippen LogP contribution in [0.15, 0.2) is 6.07 Å². The molecule has 1 saturated carbocycles. The summed E-state index contributed by atoms with van der Waals surface area (Å²) in [4.78, 5) is 8.92. The van der Waals surface area contributed by atoms with Gasteiger partial charge in [0.25, 0.3) is 0 Å². The van der Waals surface area contributed by atoms with Gasteiger partial charge in [-0.15, -0.1) is 0 Å². The molecule has 112 valence electrons. The van der Waals surface area contributed by atoms with Gasteiger partial charge in [0.05, 0.1) is 0 Å². The Morgan fingerprint density at radius 2 is 1.95 bits per heavy atom. The van der Waals surface area contributed by atoms with Crippen LogP contribution in [0.5, 0.6) is 0 Å². The summed E-state index contributed by atoms with van der Waals surface area (Å²) in [5.41, 5.74) is 5.90. The standard InChI is InChI=1S/C16H28N4/c1-4-13(12-8-6-5-7-9-12)18-15-10-14(17)19-16(20-15)11(2)3/h10-13H,4-9H2,1-3H3,(H3,17,18,19,20). The monoisotopic (exact) mass is 276 g/mol. The highest BCUT2D eigenvalue weighted by atomic mass is 15.1. The minimum Gasteiger partial charge on any atom is -0.384 e. The quantitative estimate of drug-likeness (QED) is 0.854. The van der Waals surface area contributed by atoms with Crippen LogP contribution in [0.4, 0.5) is 11.6 Å². The molecule has 0 aromatic carbocycles. The first-order valence-electron chi connectivity index (χ1n) is 8.01. The smallest absolute Gasteiger partial charge is 0.135 e. The summed E-state index contributed by atoms with van der Waals surface area (Å²) < 4.78 is 0. The van der Waals surface area contributed by atoms with Crippen molar-refractivity contribution in [2.75, 3.05) is 11.1 Å². The van der Waals surface area contributed by atoms with Crippen LogP contribution in [0.2, 0.25) is 0 Å². The topological polar surface area (TPSA) is 63.8 Å². The molecule has 0 amide bonds. The fourth-order valence-corrected chi connectivity index (χ4v) is 3.10. The molecule has 0 bridgehead atoms. The Bertz CT molecular complexity index is 424. The van der Waals surface area contributed by atoms with E-state index in [4.69, 9.17) is 5.73 Å². The Balaban J connectivity index is 2.10. The van der Waals surface area contributed by atoms with Crippen molar-refractivity contribution < 1.29 is 0 Å². The molecular formula is C16H28N4. The summed E-state index contributed by atoms with van der Waals surface area (Å²) in [6.45, 7) is 6.44. The summed E-state index contributed by atoms with van der Waals surface area (Å²) in [6.07, 6.45) is 7.93. The molecule has 1 aliphatic rings. The Hall–Kier alpha value is -1.32. The molecule has 1 aliphatic carbocycles. The molecule has 1 heterocycles. The average molecular weight is 276 g/mol. The van der Waals surface area contributed by atoms with Crippen molar-refractivity contribution in [2.45, 2.75) is 71.3 Å². The second-order valence-corrected chi connectivity index (χ2v) is 6.25. The number of hydrogen-bond donors (Lipinski definition) is 2. The van der Waals surface area contributed by atoms with Crippen LogP contribution in [0.3, 0.4) is 0 Å². The molecule has 1 fully saturated rings. The van der Waals surface area contributed by atoms with E-state index in [1.807, 2.05) is 6.07 Å². The van der Waals surface area contributed by atoms with Crippen molar-refractivity contribution in [1.29, 1.82) is 0 Å². The van der Waals surface area contributed by atoms with Crippen LogP contribution in [0.25, 0.3) is 0 Å². The highest BCUT2D eigenvalue weighted by Crippen LogP contribution is 2.29. The number of nitrogen functional groups attached to an aromatic ring is 1. The van der Waals surface area contributed by atoms with E-state index in [-0.39, 0.29) is 0 Å². The first kappa shape index (κ1) is 15.1. The Labute approximate surface area is 122 Å². The lowest BCUT2D eigenvalue weighted by Gasteiger charge is -2.30. The van der Waals surface area contributed by atoms with Crippen LogP contribution in [-0.2, 0) is 0 Å². The van der Waals surface area contributed by atoms with Crippen molar-refractivity contribution in [2.24, 2.45) is 5.92 Å². The molecule has 1 aromatic heterocycles. The molecule has 1 atom stereocenters. The zero-order valence-electron chi connectivity index (χ0n) is 13.0. The molecule has 0 radical (unpaired) electrons. The summed E-state index contributed by atoms with van der Waals surface area (Å²) in [6, 6.07) is 2.36. The molecule has 0 saturated heterocycles. The van der Waals surface area contributed by atoms with Crippen LogP contribution >= 0.6 is 0 Å². The van der Waals surface area contributed by atoms with Crippen molar-refractivity contribution >= 4 is 11.6 Å². The molecule has 1 aromatic rings. The summed E-state index contributed by atoms with van der Waals surface area (Å²) >= 11 is 0. The van der Waals surface area contributed by atoms with E-state index in [9.17, 15) is 0 Å². The molecule has 0 aliphatic heterocycles. The van der Waals surface area contributed by atoms with Gasteiger partial charge in [-0.25, -0.2) is 9.97 Å². The van der Waals surface area contributed by atoms with Gasteiger partial charge in [0.1, 0.15) is 17.5 Å². The second kappa shape index (κ2) is 6.91. The Morgan fingerprint density at radius 1 is 1.25 bits per heavy atom. The van der Waals surface area contributed by atoms with Gasteiger partial charge in [-0.3, -0.25) is 0 Å². The van der Waals surface area contributed by atoms with E-state index < -0.39 is 0 Å². The summed E-state index contributed by atoms with van der Waals surface area (Å²) in [7, 11) is 0. The lowest BCUT2D eigenvalue weighted by Crippen LogP contribution is -2.30. The fourth-order valence-electron chi connectivity index (χ4n) is 3.10. The third kappa shape index (κ3) is 3.84. The number of nitrogens with zero attached hydrogens (tertiary/aromatic N) is 2. The molecule has 20 heavy (non-hydrogen) atoms. The van der Waals surface area contributed by atoms with Crippen molar-refractivity contribution in [1.82, 2.24) is 9.97 Å². The normalized spacial score (nSPS) is 18.2. The lowest BCUT2D eigenvalue weighted by atomic mass is 9.83. The average Bonchev–Trinajstić information content (AvgIpc) is 2.45. The van der Waals surface area contributed by atoms with Gasteiger partial charge < -0.3 is 11.1 Å². The van der Waals surface area contributed by atoms with Gasteiger partial charge in [-0.05, 0) is 25.2 Å². The van der Waals surface area contributed by atoms with E-state index in [2.05, 4.69) is 36.1 Å². The number of rotatable bonds is 5. The van der Waals surface area contributed by atoms with Crippen molar-refractivity contribution in [3.8, 4) is 0 Å². The van der Waals surface area contributed by atoms with Gasteiger partial charge in [-0.2, -0.15) is 0 Å². The zero-order valence-corrected chi connectivity index (χ0v) is 13.0. The van der Waals surface area contributed by atoms with Crippen LogP contribution in [0, 0.1) is 5.92 Å². The van der Waals surface area contributed by atoms with Gasteiger partial charge in [0.15, 0.2) is 0 Å². The maximum atomic E-state index is 5.90. The summed E-state index contributed by atoms with van der Waals surface area (Å²) in [5.74, 6) is 3.34. The largest absolute Gasteiger partial charge is 0.384 e. The van der Waals surface area contributed by atoms with E-state index in [0.29, 0.717) is 17.8 Å². The number of nitrogens with two attached hydrogens (primary N) is 1. The molecule has 4 nitrogen and oxygen atoms in total.